The highest BCUT2D eigenvalue weighted by molar-refractivity contribution is 5.71. The van der Waals surface area contributed by atoms with E-state index in [0.717, 1.165) is 135 Å². The molecular weight excluding hydrogens is 973 g/mol. The Kier molecular flexibility index (Phi) is 63.3. The van der Waals surface area contributed by atoms with Gasteiger partial charge < -0.3 is 14.2 Å². The van der Waals surface area contributed by atoms with Gasteiger partial charge in [0.1, 0.15) is 13.2 Å². The van der Waals surface area contributed by atoms with Crippen molar-refractivity contribution in [2.75, 3.05) is 13.2 Å². The summed E-state index contributed by atoms with van der Waals surface area (Å²) in [5.74, 6) is -0.904. The normalized spacial score (nSPS) is 12.8. The maximum Gasteiger partial charge on any atom is 0.306 e. The lowest BCUT2D eigenvalue weighted by atomic mass is 10.0. The molecule has 0 aliphatic rings. The molecule has 0 amide bonds. The molecule has 6 nitrogen and oxygen atoms in total. The van der Waals surface area contributed by atoms with Gasteiger partial charge in [-0.05, 0) is 122 Å². The fourth-order valence-corrected chi connectivity index (χ4v) is 9.30. The molecule has 0 rings (SSSR count). The second-order valence-electron chi connectivity index (χ2n) is 22.0. The average Bonchev–Trinajstić information content (AvgIpc) is 3.45. The molecule has 0 heterocycles. The molecule has 0 saturated carbocycles. The number of unbranched alkanes of at least 4 members (excludes halogenated alkanes) is 31. The van der Waals surface area contributed by atoms with Crippen LogP contribution in [0.1, 0.15) is 316 Å². The Morgan fingerprint density at radius 3 is 0.772 bits per heavy atom. The summed E-state index contributed by atoms with van der Waals surface area (Å²) < 4.78 is 16.9. The minimum atomic E-state index is -0.793. The molecule has 0 aromatic heterocycles. The fourth-order valence-electron chi connectivity index (χ4n) is 9.30. The topological polar surface area (TPSA) is 78.9 Å². The molecule has 6 heteroatoms. The third kappa shape index (κ3) is 64.8. The van der Waals surface area contributed by atoms with Gasteiger partial charge in [-0.25, -0.2) is 0 Å². The second-order valence-corrected chi connectivity index (χ2v) is 22.0. The van der Waals surface area contributed by atoms with Crippen molar-refractivity contribution in [3.8, 4) is 0 Å². The van der Waals surface area contributed by atoms with E-state index in [1.165, 1.54) is 141 Å². The molecule has 0 radical (unpaired) electrons. The molecule has 0 N–H and O–H groups in total. The first-order valence-electron chi connectivity index (χ1n) is 33.4. The van der Waals surface area contributed by atoms with Gasteiger partial charge in [0.15, 0.2) is 6.10 Å². The monoisotopic (exact) mass is 1100 g/mol. The molecular formula is C73H124O6. The van der Waals surface area contributed by atoms with Crippen molar-refractivity contribution < 1.29 is 28.6 Å². The van der Waals surface area contributed by atoms with E-state index in [-0.39, 0.29) is 31.1 Å². The number of carbonyl (C=O) groups is 3. The van der Waals surface area contributed by atoms with Crippen molar-refractivity contribution in [3.05, 3.63) is 109 Å². The van der Waals surface area contributed by atoms with Crippen LogP contribution >= 0.6 is 0 Å². The van der Waals surface area contributed by atoms with Crippen molar-refractivity contribution in [3.63, 3.8) is 0 Å². The molecule has 0 aliphatic heterocycles. The lowest BCUT2D eigenvalue weighted by Gasteiger charge is -2.18. The molecule has 79 heavy (non-hydrogen) atoms. The second kappa shape index (κ2) is 66.6. The van der Waals surface area contributed by atoms with E-state index in [1.54, 1.807) is 0 Å². The van der Waals surface area contributed by atoms with E-state index in [4.69, 9.17) is 14.2 Å². The molecule has 0 fully saturated rings. The first kappa shape index (κ1) is 75.1. The highest BCUT2D eigenvalue weighted by Gasteiger charge is 2.19. The van der Waals surface area contributed by atoms with Crippen LogP contribution in [0.25, 0.3) is 0 Å². The highest BCUT2D eigenvalue weighted by atomic mass is 16.6. The van der Waals surface area contributed by atoms with Crippen molar-refractivity contribution in [1.82, 2.24) is 0 Å². The maximum atomic E-state index is 12.9. The Labute approximate surface area is 489 Å². The largest absolute Gasteiger partial charge is 0.462 e. The molecule has 1 unspecified atom stereocenters. The number of allylic oxidation sites excluding steroid dienone is 18. The zero-order chi connectivity index (χ0) is 57.1. The van der Waals surface area contributed by atoms with E-state index < -0.39 is 6.10 Å². The fraction of sp³-hybridized carbons (Fsp3) is 0.712. The zero-order valence-corrected chi connectivity index (χ0v) is 51.9. The predicted octanol–water partition coefficient (Wildman–Crippen LogP) is 23.0. The number of ether oxygens (including phenoxy) is 3. The minimum Gasteiger partial charge on any atom is -0.462 e. The summed E-state index contributed by atoms with van der Waals surface area (Å²) in [6, 6.07) is 0. The van der Waals surface area contributed by atoms with Gasteiger partial charge in [-0.2, -0.15) is 0 Å². The van der Waals surface area contributed by atoms with Gasteiger partial charge in [0.25, 0.3) is 0 Å². The van der Waals surface area contributed by atoms with Gasteiger partial charge in [-0.3, -0.25) is 14.4 Å². The Morgan fingerprint density at radius 1 is 0.266 bits per heavy atom. The third-order valence-corrected chi connectivity index (χ3v) is 14.2. The van der Waals surface area contributed by atoms with Crippen LogP contribution in [0.5, 0.6) is 0 Å². The number of carbonyl (C=O) groups excluding carboxylic acids is 3. The molecule has 0 saturated heterocycles. The number of hydrogen-bond acceptors (Lipinski definition) is 6. The molecule has 0 bridgehead atoms. The van der Waals surface area contributed by atoms with E-state index in [1.807, 2.05) is 0 Å². The molecule has 1 atom stereocenters. The van der Waals surface area contributed by atoms with Crippen molar-refractivity contribution in [1.29, 1.82) is 0 Å². The quantitative estimate of drug-likeness (QED) is 0.0261. The average molecular weight is 1100 g/mol. The highest BCUT2D eigenvalue weighted by Crippen LogP contribution is 2.16. The zero-order valence-electron chi connectivity index (χ0n) is 51.9. The SMILES string of the molecule is CC/C=C\C/C=C\C/C=C\C/C=C\CCCCCCCCCCC(=O)OC(COC(=O)CCCCCCC/C=C\C/C=C\C/C=C\CC)COC(=O)CCCCCCCCCCCCCCC/C=C\C/C=C\CCCCCCC. The number of rotatable bonds is 60. The molecule has 0 aliphatic carbocycles. The van der Waals surface area contributed by atoms with Gasteiger partial charge in [-0.1, -0.05) is 284 Å². The summed E-state index contributed by atoms with van der Waals surface area (Å²) in [4.78, 5) is 38.4. The van der Waals surface area contributed by atoms with Gasteiger partial charge in [0.05, 0.1) is 0 Å². The van der Waals surface area contributed by atoms with Crippen LogP contribution in [0.4, 0.5) is 0 Å². The van der Waals surface area contributed by atoms with Crippen molar-refractivity contribution in [2.45, 2.75) is 322 Å². The Hall–Kier alpha value is -3.93. The van der Waals surface area contributed by atoms with Gasteiger partial charge >= 0.3 is 17.9 Å². The maximum absolute atomic E-state index is 12.9. The standard InChI is InChI=1S/C73H124O6/c1-4-7-10-13-16-19-22-25-28-30-32-34-35-36-37-39-40-42-45-48-51-54-57-60-63-66-72(75)78-69-70(68-77-71(74)65-62-59-56-53-50-47-44-27-24-21-18-15-12-9-6-3)79-73(76)67-64-61-58-55-52-49-46-43-41-38-33-31-29-26-23-20-17-14-11-8-5-2/h8-9,11-12,17-18,20-22,25-27,29-30,32-33,38,44,70H,4-7,10,13-16,19,23-24,28,31,34-37,39-43,45-69H2,1-3H3/b11-8-,12-9-,20-17-,21-18-,25-22-,29-26-,32-30-,38-33-,44-27-. The van der Waals surface area contributed by atoms with E-state index in [9.17, 15) is 14.4 Å². The Morgan fingerprint density at radius 2 is 0.494 bits per heavy atom. The smallest absolute Gasteiger partial charge is 0.306 e. The van der Waals surface area contributed by atoms with Gasteiger partial charge in [-0.15, -0.1) is 0 Å². The molecule has 452 valence electrons. The summed E-state index contributed by atoms with van der Waals surface area (Å²) in [6.07, 6.45) is 91.0. The van der Waals surface area contributed by atoms with Crippen LogP contribution in [0.15, 0.2) is 109 Å². The Balaban J connectivity index is 4.36. The number of hydrogen-bond donors (Lipinski definition) is 0. The summed E-state index contributed by atoms with van der Waals surface area (Å²) in [5, 5.41) is 0. The van der Waals surface area contributed by atoms with Gasteiger partial charge in [0.2, 0.25) is 0 Å². The minimum absolute atomic E-state index is 0.0873. The Bertz CT molecular complexity index is 1590. The third-order valence-electron chi connectivity index (χ3n) is 14.2. The molecule has 0 aromatic rings. The lowest BCUT2D eigenvalue weighted by Crippen LogP contribution is -2.30. The summed E-state index contributed by atoms with van der Waals surface area (Å²) in [5.41, 5.74) is 0. The molecule has 0 aromatic carbocycles. The van der Waals surface area contributed by atoms with Crippen molar-refractivity contribution in [2.24, 2.45) is 0 Å². The van der Waals surface area contributed by atoms with Crippen LogP contribution in [-0.2, 0) is 28.6 Å². The predicted molar refractivity (Wildman–Crippen MR) is 343 cm³/mol. The van der Waals surface area contributed by atoms with Crippen LogP contribution in [0.3, 0.4) is 0 Å². The van der Waals surface area contributed by atoms with Gasteiger partial charge in [0, 0.05) is 19.3 Å². The summed E-state index contributed by atoms with van der Waals surface area (Å²) in [7, 11) is 0. The first-order chi connectivity index (χ1) is 39.0. The first-order valence-corrected chi connectivity index (χ1v) is 33.4. The summed E-state index contributed by atoms with van der Waals surface area (Å²) >= 11 is 0. The van der Waals surface area contributed by atoms with Crippen LogP contribution in [0, 0.1) is 0 Å². The molecule has 0 spiro atoms. The lowest BCUT2D eigenvalue weighted by molar-refractivity contribution is -0.167. The van der Waals surface area contributed by atoms with Crippen LogP contribution < -0.4 is 0 Å². The van der Waals surface area contributed by atoms with Crippen LogP contribution in [0.2, 0.25) is 0 Å². The number of esters is 3. The van der Waals surface area contributed by atoms with E-state index in [2.05, 4.69) is 130 Å². The van der Waals surface area contributed by atoms with Crippen LogP contribution in [-0.4, -0.2) is 37.2 Å². The summed E-state index contributed by atoms with van der Waals surface area (Å²) in [6.45, 7) is 6.41. The van der Waals surface area contributed by atoms with Crippen molar-refractivity contribution >= 4 is 17.9 Å². The van der Waals surface area contributed by atoms with E-state index >= 15 is 0 Å². The van der Waals surface area contributed by atoms with E-state index in [0.29, 0.717) is 19.3 Å².